The summed E-state index contributed by atoms with van der Waals surface area (Å²) in [6.07, 6.45) is 0. The molecule has 5 heteroatoms. The van der Waals surface area contributed by atoms with Crippen molar-refractivity contribution in [2.24, 2.45) is 0 Å². The zero-order valence-electron chi connectivity index (χ0n) is 1.98. The van der Waals surface area contributed by atoms with E-state index in [4.69, 9.17) is 0 Å². The first kappa shape index (κ1) is 5.91. The molecule has 5 heavy (non-hydrogen) atoms. The molecule has 0 N–H and O–H groups in total. The van der Waals surface area contributed by atoms with Crippen LogP contribution in [0.5, 0.6) is 0 Å². The third kappa shape index (κ3) is 4.91. The van der Waals surface area contributed by atoms with Gasteiger partial charge in [-0.25, -0.2) is 0 Å². The number of hydrogen-bond donors (Lipinski definition) is 0. The molecule has 0 radical (unpaired) electrons. The molecule has 0 aromatic carbocycles. The summed E-state index contributed by atoms with van der Waals surface area (Å²) in [6.45, 7) is 0. The first-order valence-electron chi connectivity index (χ1n) is 0.642. The Bertz CT molecular complexity index is 12.4. The van der Waals surface area contributed by atoms with Gasteiger partial charge in [-0.05, 0) is 0 Å². The van der Waals surface area contributed by atoms with Crippen LogP contribution in [0.4, 0.5) is 7.77 Å². The van der Waals surface area contributed by atoms with Gasteiger partial charge >= 0.3 is 0 Å². The molecule has 0 aliphatic heterocycles. The summed E-state index contributed by atoms with van der Waals surface area (Å²) in [7, 11) is 0.463. The number of halogens is 2. The van der Waals surface area contributed by atoms with Crippen LogP contribution in [0.2, 0.25) is 0 Å². The monoisotopic (exact) mass is 134 g/mol. The Morgan fingerprint density at radius 2 is 1.40 bits per heavy atom. The Balaban J connectivity index is 2.19. The molecule has 0 aromatic heterocycles. The summed E-state index contributed by atoms with van der Waals surface area (Å²) in [5, 5.41) is 0. The van der Waals surface area contributed by atoms with Gasteiger partial charge < -0.3 is 0 Å². The van der Waals surface area contributed by atoms with Gasteiger partial charge in [-0.1, -0.05) is 0 Å². The Morgan fingerprint density at radius 3 is 1.40 bits per heavy atom. The smallest absolute Gasteiger partial charge is 0.129 e. The molecule has 0 amide bonds. The second-order valence-electron chi connectivity index (χ2n) is 0.194. The highest BCUT2D eigenvalue weighted by Crippen LogP contribution is 2.35. The average molecular weight is 134 g/mol. The fraction of sp³-hybridized carbons (Fsp3) is 0. The highest BCUT2D eigenvalue weighted by molar-refractivity contribution is 9.07. The highest BCUT2D eigenvalue weighted by Gasteiger charge is 1.79. The van der Waals surface area contributed by atoms with E-state index in [1.54, 1.807) is 0 Å². The van der Waals surface area contributed by atoms with Crippen molar-refractivity contribution in [2.45, 2.75) is 0 Å². The van der Waals surface area contributed by atoms with E-state index in [1.165, 1.54) is 0 Å². The Morgan fingerprint density at radius 1 is 1.00 bits per heavy atom. The van der Waals surface area contributed by atoms with E-state index in [1.807, 2.05) is 0 Å². The van der Waals surface area contributed by atoms with Crippen molar-refractivity contribution >= 4 is 32.2 Å². The quantitative estimate of drug-likeness (QED) is 0.533. The molecule has 0 aliphatic rings. The van der Waals surface area contributed by atoms with E-state index in [2.05, 4.69) is 0 Å². The number of rotatable bonds is 2. The van der Waals surface area contributed by atoms with Crippen molar-refractivity contribution in [3.63, 3.8) is 0 Å². The molecule has 0 atom stereocenters. The predicted octanol–water partition coefficient (Wildman–Crippen LogP) is 2.79. The van der Waals surface area contributed by atoms with Crippen molar-refractivity contribution in [3.05, 3.63) is 0 Å². The van der Waals surface area contributed by atoms with E-state index in [0.717, 1.165) is 0 Å². The lowest BCUT2D eigenvalue weighted by molar-refractivity contribution is 0.951. The summed E-state index contributed by atoms with van der Waals surface area (Å²) >= 11 is -0.188. The van der Waals surface area contributed by atoms with Gasteiger partial charge in [0.1, 0.15) is 22.4 Å². The summed E-state index contributed by atoms with van der Waals surface area (Å²) < 4.78 is 21.2. The first-order valence-corrected chi connectivity index (χ1v) is 3.93. The number of hydrogen-bond acceptors (Lipinski definition) is 3. The van der Waals surface area contributed by atoms with Crippen molar-refractivity contribution in [2.75, 3.05) is 0 Å². The Labute approximate surface area is 40.5 Å². The van der Waals surface area contributed by atoms with Crippen molar-refractivity contribution in [1.82, 2.24) is 0 Å². The molecular weight excluding hydrogens is 134 g/mol. The molecule has 0 heterocycles. The average Bonchev–Trinajstić information content (AvgIpc) is 1.41. The normalized spacial score (nSPS) is 8.40. The SMILES string of the molecule is FSSSF. The molecule has 0 spiro atoms. The molecule has 0 fully saturated rings. The predicted molar refractivity (Wildman–Crippen MR) is 25.0 cm³/mol. The molecule has 0 bridgehead atoms. The summed E-state index contributed by atoms with van der Waals surface area (Å²) in [5.41, 5.74) is 0. The van der Waals surface area contributed by atoms with Gasteiger partial charge in [-0.15, -0.1) is 0 Å². The van der Waals surface area contributed by atoms with E-state index in [9.17, 15) is 7.77 Å². The largest absolute Gasteiger partial charge is 0.152 e. The minimum absolute atomic E-state index is 0.0938. The van der Waals surface area contributed by atoms with Gasteiger partial charge in [0.25, 0.3) is 0 Å². The van der Waals surface area contributed by atoms with E-state index in [-0.39, 0.29) is 22.4 Å². The van der Waals surface area contributed by atoms with E-state index >= 15 is 0 Å². The second kappa shape index (κ2) is 4.91. The maximum Gasteiger partial charge on any atom is 0.129 e. The van der Waals surface area contributed by atoms with Crippen LogP contribution in [0.25, 0.3) is 0 Å². The van der Waals surface area contributed by atoms with Crippen LogP contribution in [-0.4, -0.2) is 0 Å². The fourth-order valence-electron chi connectivity index (χ4n) is 0.00972. The Kier molecular flexibility index (Phi) is 5.80. The summed E-state index contributed by atoms with van der Waals surface area (Å²) in [6, 6.07) is 0. The van der Waals surface area contributed by atoms with Crippen LogP contribution in [0.15, 0.2) is 0 Å². The summed E-state index contributed by atoms with van der Waals surface area (Å²) in [4.78, 5) is 0. The lowest BCUT2D eigenvalue weighted by atomic mass is 18.9. The molecule has 0 unspecified atom stereocenters. The second-order valence-corrected chi connectivity index (χ2v) is 2.97. The fourth-order valence-corrected chi connectivity index (χ4v) is 0.262. The van der Waals surface area contributed by atoms with Crippen molar-refractivity contribution < 1.29 is 7.77 Å². The minimum Gasteiger partial charge on any atom is -0.152 e. The Hall–Kier alpha value is 0.910. The summed E-state index contributed by atoms with van der Waals surface area (Å²) in [5.74, 6) is 0. The molecule has 32 valence electrons. The maximum absolute atomic E-state index is 10.6. The van der Waals surface area contributed by atoms with Gasteiger partial charge in [0.05, 0.1) is 0 Å². The highest BCUT2D eigenvalue weighted by atomic mass is 33.5. The van der Waals surface area contributed by atoms with Crippen LogP contribution in [-0.2, 0) is 0 Å². The third-order valence-corrected chi connectivity index (χ3v) is 1.39. The van der Waals surface area contributed by atoms with Crippen LogP contribution >= 0.6 is 32.2 Å². The van der Waals surface area contributed by atoms with Crippen molar-refractivity contribution in [1.29, 1.82) is 0 Å². The zero-order chi connectivity index (χ0) is 4.12. The van der Waals surface area contributed by atoms with E-state index in [0.29, 0.717) is 9.83 Å². The first-order chi connectivity index (χ1) is 2.41. The van der Waals surface area contributed by atoms with Crippen LogP contribution < -0.4 is 0 Å². The molecule has 0 saturated carbocycles. The van der Waals surface area contributed by atoms with Gasteiger partial charge in [0, 0.05) is 9.83 Å². The topological polar surface area (TPSA) is 0 Å². The van der Waals surface area contributed by atoms with Crippen LogP contribution in [0.1, 0.15) is 0 Å². The van der Waals surface area contributed by atoms with Gasteiger partial charge in [0.2, 0.25) is 0 Å². The third-order valence-electron chi connectivity index (χ3n) is 0.0514. The maximum atomic E-state index is 10.6. The van der Waals surface area contributed by atoms with Crippen molar-refractivity contribution in [3.8, 4) is 0 Å². The molecule has 0 aliphatic carbocycles. The van der Waals surface area contributed by atoms with E-state index < -0.39 is 0 Å². The zero-order valence-corrected chi connectivity index (χ0v) is 4.43. The molecule has 0 saturated heterocycles. The lowest BCUT2D eigenvalue weighted by Crippen LogP contribution is -1.13. The van der Waals surface area contributed by atoms with Crippen LogP contribution in [0, 0.1) is 0 Å². The molecule has 0 rings (SSSR count). The molecule has 0 nitrogen and oxygen atoms in total. The molecule has 0 aromatic rings. The van der Waals surface area contributed by atoms with Gasteiger partial charge in [-0.2, -0.15) is 7.77 Å². The van der Waals surface area contributed by atoms with Crippen LogP contribution in [0.3, 0.4) is 0 Å². The lowest BCUT2D eigenvalue weighted by Gasteiger charge is -1.68. The van der Waals surface area contributed by atoms with Gasteiger partial charge in [-0.3, -0.25) is 0 Å². The van der Waals surface area contributed by atoms with Gasteiger partial charge in [0.15, 0.2) is 0 Å². The molecular formula is F2S3. The standard InChI is InChI=1S/F2S3/c1-3-5-4-2. The minimum atomic E-state index is -0.0938.